The molecule has 2 aromatic carbocycles. The Bertz CT molecular complexity index is 2320. The van der Waals surface area contributed by atoms with E-state index < -0.39 is 40.5 Å². The molecule has 2 N–H and O–H groups in total. The van der Waals surface area contributed by atoms with Crippen LogP contribution in [-0.2, 0) is 9.59 Å². The molecular weight excluding hydrogens is 786 g/mol. The normalized spacial score (nSPS) is 28.0. The van der Waals surface area contributed by atoms with Gasteiger partial charge in [-0.1, -0.05) is 39.3 Å². The van der Waals surface area contributed by atoms with E-state index in [0.717, 1.165) is 62.7 Å². The van der Waals surface area contributed by atoms with E-state index in [2.05, 4.69) is 69.1 Å². The second-order valence-corrected chi connectivity index (χ2v) is 18.7. The number of benzene rings is 2. The summed E-state index contributed by atoms with van der Waals surface area (Å²) in [4.78, 5) is 81.5. The number of carbonyl (C=O) groups is 5. The van der Waals surface area contributed by atoms with Crippen LogP contribution in [0, 0.1) is 34.0 Å². The Labute approximate surface area is 353 Å². The third kappa shape index (κ3) is 6.74. The molecule has 2 aliphatic carbocycles. The molecule has 1 unspecified atom stereocenters. The minimum absolute atomic E-state index is 0.0860. The first kappa shape index (κ1) is 39.8. The molecule has 2 bridgehead atoms. The number of anilines is 2. The lowest BCUT2D eigenvalue weighted by atomic mass is 9.49. The van der Waals surface area contributed by atoms with Crippen LogP contribution < -0.4 is 25.2 Å². The summed E-state index contributed by atoms with van der Waals surface area (Å²) >= 11 is 6.25. The van der Waals surface area contributed by atoms with Crippen LogP contribution in [0.15, 0.2) is 48.8 Å². The van der Waals surface area contributed by atoms with Crippen LogP contribution >= 0.6 is 11.6 Å². The van der Waals surface area contributed by atoms with Crippen molar-refractivity contribution in [2.75, 3.05) is 49.1 Å². The predicted octanol–water partition coefficient (Wildman–Crippen LogP) is 4.05. The Morgan fingerprint density at radius 1 is 0.967 bits per heavy atom. The van der Waals surface area contributed by atoms with Gasteiger partial charge in [0.1, 0.15) is 24.0 Å². The molecule has 0 radical (unpaired) electrons. The molecule has 15 nitrogen and oxygen atoms in total. The number of amides is 5. The molecule has 3 aromatic rings. The molecule has 5 heterocycles. The maximum Gasteiger partial charge on any atom is 0.262 e. The summed E-state index contributed by atoms with van der Waals surface area (Å²) < 4.78 is 6.37. The Kier molecular flexibility index (Phi) is 9.86. The summed E-state index contributed by atoms with van der Waals surface area (Å²) in [6, 6.07) is 11.6. The minimum Gasteiger partial charge on any atom is -0.489 e. The van der Waals surface area contributed by atoms with Crippen molar-refractivity contribution in [3.8, 4) is 11.8 Å². The highest BCUT2D eigenvalue weighted by atomic mass is 35.5. The number of aromatic nitrogens is 2. The van der Waals surface area contributed by atoms with Gasteiger partial charge in [-0.15, -0.1) is 0 Å². The van der Waals surface area contributed by atoms with Gasteiger partial charge in [0.05, 0.1) is 27.3 Å². The van der Waals surface area contributed by atoms with E-state index in [-0.39, 0.29) is 36.5 Å². The first-order chi connectivity index (χ1) is 28.6. The van der Waals surface area contributed by atoms with Crippen molar-refractivity contribution in [2.24, 2.45) is 22.7 Å². The Morgan fingerprint density at radius 2 is 1.68 bits per heavy atom. The number of halogens is 1. The molecule has 6 aliphatic rings. The van der Waals surface area contributed by atoms with Crippen LogP contribution in [0.4, 0.5) is 11.6 Å². The Balaban J connectivity index is 0.750. The lowest BCUT2D eigenvalue weighted by Gasteiger charge is -2.63. The van der Waals surface area contributed by atoms with Gasteiger partial charge in [-0.2, -0.15) is 5.26 Å². The molecule has 9 rings (SSSR count). The number of ether oxygens (including phenoxy) is 1. The Morgan fingerprint density at radius 3 is 2.33 bits per heavy atom. The average Bonchev–Trinajstić information content (AvgIpc) is 3.90. The van der Waals surface area contributed by atoms with E-state index in [1.54, 1.807) is 42.7 Å². The molecule has 1 aromatic heterocycles. The highest BCUT2D eigenvalue weighted by Crippen LogP contribution is 2.55. The fraction of sp³-hybridized carbons (Fsp3) is 0.500. The predicted molar refractivity (Wildman–Crippen MR) is 221 cm³/mol. The Hall–Kier alpha value is -5.59. The smallest absolute Gasteiger partial charge is 0.262 e. The van der Waals surface area contributed by atoms with Gasteiger partial charge in [0.15, 0.2) is 0 Å². The third-order valence-electron chi connectivity index (χ3n) is 13.9. The average molecular weight is 834 g/mol. The van der Waals surface area contributed by atoms with Crippen molar-refractivity contribution >= 4 is 52.8 Å². The summed E-state index contributed by atoms with van der Waals surface area (Å²) in [5.74, 6) is 0.110. The number of nitrogens with zero attached hydrogens (tertiary/aromatic N) is 7. The quantitative estimate of drug-likeness (QED) is 0.296. The minimum atomic E-state index is -0.981. The molecule has 4 aliphatic heterocycles. The van der Waals surface area contributed by atoms with Gasteiger partial charge in [-0.25, -0.2) is 9.97 Å². The first-order valence-corrected chi connectivity index (χ1v) is 21.1. The van der Waals surface area contributed by atoms with E-state index in [9.17, 15) is 29.2 Å². The highest BCUT2D eigenvalue weighted by molar-refractivity contribution is 6.31. The zero-order chi connectivity index (χ0) is 42.2. The second kappa shape index (κ2) is 14.8. The van der Waals surface area contributed by atoms with Crippen LogP contribution in [0.25, 0.3) is 0 Å². The largest absolute Gasteiger partial charge is 0.489 e. The number of imide groups is 2. The zero-order valence-electron chi connectivity index (χ0n) is 34.1. The van der Waals surface area contributed by atoms with Crippen molar-refractivity contribution in [1.29, 1.82) is 5.26 Å². The highest BCUT2D eigenvalue weighted by Gasteiger charge is 2.64. The van der Waals surface area contributed by atoms with Crippen molar-refractivity contribution in [1.82, 2.24) is 30.4 Å². The molecule has 16 heteroatoms. The molecule has 60 heavy (non-hydrogen) atoms. The van der Waals surface area contributed by atoms with Crippen LogP contribution in [0.5, 0.6) is 5.75 Å². The van der Waals surface area contributed by atoms with E-state index in [1.165, 1.54) is 0 Å². The summed E-state index contributed by atoms with van der Waals surface area (Å²) in [6.45, 7) is 13.5. The van der Waals surface area contributed by atoms with Crippen LogP contribution in [-0.4, -0.2) is 113 Å². The lowest BCUT2D eigenvalue weighted by Crippen LogP contribution is -2.74. The van der Waals surface area contributed by atoms with Gasteiger partial charge in [0, 0.05) is 92.8 Å². The topological polar surface area (TPSA) is 181 Å². The third-order valence-corrected chi connectivity index (χ3v) is 14.2. The number of piperidine rings is 2. The molecule has 312 valence electrons. The van der Waals surface area contributed by atoms with E-state index in [4.69, 9.17) is 16.3 Å². The first-order valence-electron chi connectivity index (χ1n) is 20.7. The zero-order valence-corrected chi connectivity index (χ0v) is 34.9. The number of hydrogen-bond acceptors (Lipinski definition) is 12. The van der Waals surface area contributed by atoms with Crippen molar-refractivity contribution in [2.45, 2.75) is 77.6 Å². The SMILES string of the molecule is CC1(C)C(NC(=O)c2cnc(N3C[C@@H]4C[C@H]3C[C@@H]4CN3CCN(c4ccc5c(c4)C(=O)N(C4CCC(=O)NC4=O)C5=O)CC3)nc2)C(C)(C)C1Oc1ccc(C#N)c(Cl)c1. The number of rotatable bonds is 9. The number of piperazine rings is 1. The second-order valence-electron chi connectivity index (χ2n) is 18.3. The van der Waals surface area contributed by atoms with Gasteiger partial charge in [-0.3, -0.25) is 39.1 Å². The van der Waals surface area contributed by atoms with E-state index in [0.29, 0.717) is 51.3 Å². The maximum absolute atomic E-state index is 13.5. The molecule has 0 spiro atoms. The number of nitriles is 1. The maximum atomic E-state index is 13.5. The van der Waals surface area contributed by atoms with Gasteiger partial charge >= 0.3 is 0 Å². The molecule has 2 saturated carbocycles. The standard InChI is InChI=1S/C44H48ClN9O6/c1-43(2)40(44(3,4)41(43)60-30-7-5-24(19-46)33(45)18-30)50-36(56)27-20-47-42(48-21-27)53-23-26-16-29(53)15-25(26)22-51-11-13-52(14-12-51)28-6-8-31-32(17-28)39(59)54(38(31)58)34-9-10-35(55)49-37(34)57/h5-8,17-18,20-21,25-26,29,34,40-41H,9-16,22-23H2,1-4H3,(H,50,56)(H,49,55,57)/t25-,26+,29-,34?,40?,41?/m1/s1. The van der Waals surface area contributed by atoms with Crippen molar-refractivity contribution in [3.63, 3.8) is 0 Å². The fourth-order valence-corrected chi connectivity index (χ4v) is 11.3. The van der Waals surface area contributed by atoms with Crippen LogP contribution in [0.1, 0.15) is 90.0 Å². The van der Waals surface area contributed by atoms with Gasteiger partial charge in [0.25, 0.3) is 17.7 Å². The summed E-state index contributed by atoms with van der Waals surface area (Å²) in [5.41, 5.74) is 1.47. The number of carbonyl (C=O) groups excluding carboxylic acids is 5. The van der Waals surface area contributed by atoms with E-state index >= 15 is 0 Å². The summed E-state index contributed by atoms with van der Waals surface area (Å²) in [7, 11) is 0. The summed E-state index contributed by atoms with van der Waals surface area (Å²) in [6.07, 6.45) is 5.40. The van der Waals surface area contributed by atoms with Gasteiger partial charge in [0.2, 0.25) is 17.8 Å². The molecule has 5 fully saturated rings. The van der Waals surface area contributed by atoms with Crippen LogP contribution in [0.3, 0.4) is 0 Å². The van der Waals surface area contributed by atoms with Crippen molar-refractivity contribution < 1.29 is 28.7 Å². The molecule has 4 atom stereocenters. The molecule has 3 saturated heterocycles. The monoisotopic (exact) mass is 833 g/mol. The van der Waals surface area contributed by atoms with E-state index in [1.807, 2.05) is 6.07 Å². The molecule has 5 amide bonds. The molecular formula is C44H48ClN9O6. The fourth-order valence-electron chi connectivity index (χ4n) is 11.1. The van der Waals surface area contributed by atoms with Crippen molar-refractivity contribution in [3.05, 3.63) is 76.1 Å². The number of fused-ring (bicyclic) bond motifs is 3. The van der Waals surface area contributed by atoms with Gasteiger partial charge in [-0.05, 0) is 61.4 Å². The van der Waals surface area contributed by atoms with Gasteiger partial charge < -0.3 is 19.9 Å². The summed E-state index contributed by atoms with van der Waals surface area (Å²) in [5, 5.41) is 15.0. The number of hydrogen-bond donors (Lipinski definition) is 2. The van der Waals surface area contributed by atoms with Crippen LogP contribution in [0.2, 0.25) is 5.02 Å². The number of nitrogens with one attached hydrogen (secondary N) is 2. The lowest BCUT2D eigenvalue weighted by molar-refractivity contribution is -0.164.